The van der Waals surface area contributed by atoms with Gasteiger partial charge < -0.3 is 25.2 Å². The van der Waals surface area contributed by atoms with E-state index in [1.165, 1.54) is 32.2 Å². The first-order chi connectivity index (χ1) is 12.7. The number of benzene rings is 1. The molecule has 6 heteroatoms. The molecule has 0 spiro atoms. The molecule has 0 saturated carbocycles. The number of methoxy groups -OCH3 is 1. The molecule has 0 aliphatic carbocycles. The van der Waals surface area contributed by atoms with Crippen molar-refractivity contribution in [3.8, 4) is 5.75 Å². The van der Waals surface area contributed by atoms with Crippen molar-refractivity contribution < 1.29 is 30.0 Å². The third-order valence-corrected chi connectivity index (χ3v) is 4.29. The van der Waals surface area contributed by atoms with Gasteiger partial charge in [0.2, 0.25) is 0 Å². The van der Waals surface area contributed by atoms with Crippen molar-refractivity contribution in [2.24, 2.45) is 0 Å². The summed E-state index contributed by atoms with van der Waals surface area (Å²) in [4.78, 5) is 11.0. The number of carbonyl (C=O) groups is 1. The molecule has 0 aliphatic heterocycles. The molecular formula is C21H26O6. The molecule has 2 unspecified atom stereocenters. The van der Waals surface area contributed by atoms with Crippen LogP contribution in [-0.4, -0.2) is 45.2 Å². The number of hydrogen-bond donors (Lipinski definition) is 4. The van der Waals surface area contributed by atoms with Crippen molar-refractivity contribution in [2.45, 2.75) is 30.7 Å². The van der Waals surface area contributed by atoms with Crippen LogP contribution < -0.4 is 0 Å². The van der Waals surface area contributed by atoms with Crippen LogP contribution in [-0.2, 0) is 9.53 Å². The predicted octanol–water partition coefficient (Wildman–Crippen LogP) is 2.89. The van der Waals surface area contributed by atoms with Crippen LogP contribution in [0.1, 0.15) is 24.8 Å². The van der Waals surface area contributed by atoms with E-state index >= 15 is 0 Å². The zero-order valence-electron chi connectivity index (χ0n) is 15.4. The maximum atomic E-state index is 11.0. The van der Waals surface area contributed by atoms with E-state index in [4.69, 9.17) is 4.74 Å². The number of hydrogen-bond acceptors (Lipinski definition) is 6. The lowest BCUT2D eigenvalue weighted by atomic mass is 9.74. The van der Waals surface area contributed by atoms with Crippen molar-refractivity contribution in [3.05, 3.63) is 78.6 Å². The summed E-state index contributed by atoms with van der Waals surface area (Å²) in [6.45, 7) is 4.73. The van der Waals surface area contributed by atoms with E-state index in [0.29, 0.717) is 5.56 Å². The first-order valence-electron chi connectivity index (χ1n) is 8.31. The van der Waals surface area contributed by atoms with Gasteiger partial charge in [-0.25, -0.2) is 0 Å². The number of carbonyl (C=O) groups excluding carboxylic acids is 1. The third kappa shape index (κ3) is 5.65. The number of rotatable bonds is 10. The number of phenolic OH excluding ortho intramolecular Hbond substituents is 1. The first-order valence-corrected chi connectivity index (χ1v) is 8.31. The molecule has 146 valence electrons. The number of aromatic hydroxyl groups is 1. The summed E-state index contributed by atoms with van der Waals surface area (Å²) in [5.41, 5.74) is -1.13. The lowest BCUT2D eigenvalue weighted by Gasteiger charge is -2.45. The van der Waals surface area contributed by atoms with Gasteiger partial charge in [-0.05, 0) is 30.7 Å². The lowest BCUT2D eigenvalue weighted by Crippen LogP contribution is -2.57. The van der Waals surface area contributed by atoms with Crippen LogP contribution in [0.25, 0.3) is 0 Å². The quantitative estimate of drug-likeness (QED) is 0.165. The van der Waals surface area contributed by atoms with Gasteiger partial charge in [-0.2, -0.15) is 0 Å². The van der Waals surface area contributed by atoms with Crippen LogP contribution in [0.15, 0.2) is 73.1 Å². The number of ether oxygens (including phenoxy) is 1. The summed E-state index contributed by atoms with van der Waals surface area (Å²) in [7, 11) is 1.32. The van der Waals surface area contributed by atoms with Crippen LogP contribution in [0, 0.1) is 0 Å². The highest BCUT2D eigenvalue weighted by Gasteiger charge is 2.51. The summed E-state index contributed by atoms with van der Waals surface area (Å²) in [6.07, 6.45) is 9.88. The highest BCUT2D eigenvalue weighted by molar-refractivity contribution is 5.70. The van der Waals surface area contributed by atoms with Gasteiger partial charge in [0.25, 0.3) is 0 Å². The molecule has 0 aromatic heterocycles. The van der Waals surface area contributed by atoms with Gasteiger partial charge in [0.05, 0.1) is 0 Å². The monoisotopic (exact) mass is 374 g/mol. The minimum Gasteiger partial charge on any atom is -0.508 e. The molecule has 4 N–H and O–H groups in total. The summed E-state index contributed by atoms with van der Waals surface area (Å²) >= 11 is 0. The van der Waals surface area contributed by atoms with Crippen LogP contribution in [0.3, 0.4) is 0 Å². The second-order valence-corrected chi connectivity index (χ2v) is 6.15. The predicted molar refractivity (Wildman–Crippen MR) is 103 cm³/mol. The molecule has 0 aliphatic rings. The Labute approximate surface area is 159 Å². The highest BCUT2D eigenvalue weighted by atomic mass is 16.6. The number of phenols is 1. The fourth-order valence-corrected chi connectivity index (χ4v) is 2.87. The highest BCUT2D eigenvalue weighted by Crippen LogP contribution is 2.43. The topological polar surface area (TPSA) is 107 Å². The molecule has 1 rings (SSSR count). The largest absolute Gasteiger partial charge is 0.508 e. The average molecular weight is 374 g/mol. The summed E-state index contributed by atoms with van der Waals surface area (Å²) in [6, 6.07) is 5.94. The first kappa shape index (κ1) is 22.4. The second kappa shape index (κ2) is 9.87. The Balaban J connectivity index is 3.55. The minimum absolute atomic E-state index is 0.0225. The molecule has 0 radical (unpaired) electrons. The van der Waals surface area contributed by atoms with Crippen LogP contribution in [0.4, 0.5) is 0 Å². The average Bonchev–Trinajstić information content (AvgIpc) is 2.63. The van der Waals surface area contributed by atoms with Crippen LogP contribution >= 0.6 is 0 Å². The zero-order chi connectivity index (χ0) is 20.5. The smallest absolute Gasteiger partial charge is 0.190 e. The Kier molecular flexibility index (Phi) is 8.18. The normalized spacial score (nSPS) is 16.4. The number of aliphatic hydroxyl groups excluding tert-OH is 1. The maximum Gasteiger partial charge on any atom is 0.190 e. The zero-order valence-corrected chi connectivity index (χ0v) is 15.4. The van der Waals surface area contributed by atoms with Crippen molar-refractivity contribution in [1.82, 2.24) is 0 Å². The molecular weight excluding hydrogens is 348 g/mol. The fourth-order valence-electron chi connectivity index (χ4n) is 2.87. The molecule has 0 heterocycles. The van der Waals surface area contributed by atoms with Crippen LogP contribution in [0.5, 0.6) is 5.75 Å². The summed E-state index contributed by atoms with van der Waals surface area (Å²) < 4.78 is 5.57. The fraction of sp³-hybridized carbons (Fsp3) is 0.286. The molecule has 0 bridgehead atoms. The number of aliphatic hydroxyl groups is 3. The number of aldehydes is 1. The Bertz CT molecular complexity index is 709. The van der Waals surface area contributed by atoms with Gasteiger partial charge in [-0.1, -0.05) is 49.1 Å². The molecule has 0 saturated heterocycles. The van der Waals surface area contributed by atoms with Gasteiger partial charge in [0.1, 0.15) is 11.4 Å². The van der Waals surface area contributed by atoms with Crippen molar-refractivity contribution >= 4 is 6.29 Å². The second-order valence-electron chi connectivity index (χ2n) is 6.15. The van der Waals surface area contributed by atoms with Gasteiger partial charge in [-0.3, -0.25) is 4.79 Å². The standard InChI is InChI=1S/C21H26O6/c1-4-5-6-7-8-13-21(27-3,20(2,25)26)19(14-18(24)15-22)16-9-11-17(23)12-10-16/h4-12,14-15,19,23-26H,1,13H2,2-3H3/b6-5-,8-7+,18-14?. The molecule has 1 aromatic carbocycles. The van der Waals surface area contributed by atoms with E-state index < -0.39 is 23.1 Å². The molecule has 6 nitrogen and oxygen atoms in total. The van der Waals surface area contributed by atoms with E-state index in [1.54, 1.807) is 42.5 Å². The van der Waals surface area contributed by atoms with Crippen molar-refractivity contribution in [2.75, 3.05) is 7.11 Å². The van der Waals surface area contributed by atoms with E-state index in [-0.39, 0.29) is 18.5 Å². The van der Waals surface area contributed by atoms with Crippen molar-refractivity contribution in [3.63, 3.8) is 0 Å². The maximum absolute atomic E-state index is 11.0. The van der Waals surface area contributed by atoms with Gasteiger partial charge in [0, 0.05) is 19.4 Å². The molecule has 0 amide bonds. The van der Waals surface area contributed by atoms with E-state index in [9.17, 15) is 25.2 Å². The van der Waals surface area contributed by atoms with E-state index in [1.807, 2.05) is 0 Å². The Morgan fingerprint density at radius 3 is 2.33 bits per heavy atom. The van der Waals surface area contributed by atoms with Crippen LogP contribution in [0.2, 0.25) is 0 Å². The van der Waals surface area contributed by atoms with E-state index in [2.05, 4.69) is 6.58 Å². The molecule has 0 fully saturated rings. The van der Waals surface area contributed by atoms with Crippen molar-refractivity contribution in [1.29, 1.82) is 0 Å². The summed E-state index contributed by atoms with van der Waals surface area (Å²) in [5, 5.41) is 40.4. The lowest BCUT2D eigenvalue weighted by molar-refractivity contribution is -0.276. The van der Waals surface area contributed by atoms with E-state index in [0.717, 1.165) is 0 Å². The minimum atomic E-state index is -2.34. The number of allylic oxidation sites excluding steroid dienone is 5. The molecule has 1 aromatic rings. The Hall–Kier alpha value is -2.67. The van der Waals surface area contributed by atoms with Gasteiger partial charge in [0.15, 0.2) is 17.8 Å². The SMILES string of the molecule is C=C/C=C\C=C\CC(OC)(C(C=C(O)C=O)c1ccc(O)cc1)C(C)(O)O. The summed E-state index contributed by atoms with van der Waals surface area (Å²) in [5.74, 6) is -3.80. The molecule has 2 atom stereocenters. The van der Waals surface area contributed by atoms with Gasteiger partial charge >= 0.3 is 0 Å². The Morgan fingerprint density at radius 1 is 1.22 bits per heavy atom. The molecule has 27 heavy (non-hydrogen) atoms. The third-order valence-electron chi connectivity index (χ3n) is 4.29. The Morgan fingerprint density at radius 2 is 1.85 bits per heavy atom. The van der Waals surface area contributed by atoms with Gasteiger partial charge in [-0.15, -0.1) is 0 Å².